The molecule has 0 N–H and O–H groups in total. The van der Waals surface area contributed by atoms with E-state index in [1.807, 2.05) is 0 Å². The summed E-state index contributed by atoms with van der Waals surface area (Å²) < 4.78 is 81.8. The highest BCUT2D eigenvalue weighted by molar-refractivity contribution is 5.94. The quantitative estimate of drug-likeness (QED) is 0.0425. The number of hydrogen-bond acceptors (Lipinski definition) is 22. The Morgan fingerprint density at radius 2 is 0.562 bits per heavy atom. The minimum absolute atomic E-state index is 0.0240. The van der Waals surface area contributed by atoms with Gasteiger partial charge in [0.1, 0.15) is 48.3 Å². The van der Waals surface area contributed by atoms with Crippen LogP contribution in [-0.2, 0) is 47.4 Å². The fourth-order valence-electron chi connectivity index (χ4n) is 11.6. The Kier molecular flexibility index (Phi) is 22.0. The maximum atomic E-state index is 14.3. The lowest BCUT2D eigenvalue weighted by Gasteiger charge is -2.44. The third-order valence-electron chi connectivity index (χ3n) is 16.8. The standard InChI is InChI=1S/C83H62O22/c84-63-48-64(51-41-43-60(44-42-51)95-82-72(104-80(91)58-37-21-7-22-38-58)70(102-78(89)56-33-17-5-18-34-56)68(100-76(87)54-29-13-3-14-30-54)66(98-82)49-93-74(85)52-25-9-1-10-26-52)97-65-47-61(45-46-62(63)65)96-83-73(105-81(92)59-39-23-8-24-40-59)71(103-79(90)57-35-19-6-20-36-57)69(101-77(88)55-31-15-4-16-32-55)67(99-83)50-94-75(86)53-27-11-2-12-28-53/h1-48,66-73,82-83H,49-50H2/t66-,67-,68-,69-,70+,71+,72-,73-,82-,83-/m1/s1. The zero-order valence-electron chi connectivity index (χ0n) is 55.4. The van der Waals surface area contributed by atoms with Gasteiger partial charge >= 0.3 is 47.8 Å². The van der Waals surface area contributed by atoms with Gasteiger partial charge in [-0.25, -0.2) is 38.4 Å². The first kappa shape index (κ1) is 70.1. The van der Waals surface area contributed by atoms with Crippen LogP contribution in [0.1, 0.15) is 82.9 Å². The van der Waals surface area contributed by atoms with E-state index in [1.165, 1.54) is 146 Å². The average Bonchev–Trinajstić information content (AvgIpc) is 0.777. The van der Waals surface area contributed by atoms with Gasteiger partial charge in [0.15, 0.2) is 29.8 Å². The van der Waals surface area contributed by atoms with Crippen molar-refractivity contribution in [3.63, 3.8) is 0 Å². The number of carbonyl (C=O) groups excluding carboxylic acids is 8. The maximum absolute atomic E-state index is 14.3. The van der Waals surface area contributed by atoms with E-state index >= 15 is 0 Å². The molecule has 0 radical (unpaired) electrons. The van der Waals surface area contributed by atoms with E-state index in [9.17, 15) is 43.2 Å². The summed E-state index contributed by atoms with van der Waals surface area (Å²) in [5.41, 5.74) is 0.593. The summed E-state index contributed by atoms with van der Waals surface area (Å²) in [4.78, 5) is 127. The molecule has 0 aliphatic carbocycles. The van der Waals surface area contributed by atoms with Crippen molar-refractivity contribution in [3.8, 4) is 22.8 Å². The van der Waals surface area contributed by atoms with Gasteiger partial charge in [0.25, 0.3) is 0 Å². The smallest absolute Gasteiger partial charge is 0.338 e. The van der Waals surface area contributed by atoms with Crippen molar-refractivity contribution in [1.82, 2.24) is 0 Å². The Morgan fingerprint density at radius 3 is 0.886 bits per heavy atom. The summed E-state index contributed by atoms with van der Waals surface area (Å²) in [7, 11) is 0. The third kappa shape index (κ3) is 17.2. The molecule has 11 aromatic rings. The van der Waals surface area contributed by atoms with Gasteiger partial charge in [0.2, 0.25) is 24.8 Å². The molecule has 0 unspecified atom stereocenters. The van der Waals surface area contributed by atoms with Gasteiger partial charge in [-0.2, -0.15) is 0 Å². The van der Waals surface area contributed by atoms with Crippen LogP contribution in [0.3, 0.4) is 0 Å². The van der Waals surface area contributed by atoms with Gasteiger partial charge in [-0.15, -0.1) is 0 Å². The molecule has 2 saturated heterocycles. The highest BCUT2D eigenvalue weighted by atomic mass is 16.7. The molecule has 10 aromatic carbocycles. The lowest BCUT2D eigenvalue weighted by molar-refractivity contribution is -0.275. The van der Waals surface area contributed by atoms with Crippen LogP contribution < -0.4 is 14.9 Å². The van der Waals surface area contributed by atoms with Crippen LogP contribution in [0.2, 0.25) is 0 Å². The van der Waals surface area contributed by atoms with Crippen LogP contribution >= 0.6 is 0 Å². The van der Waals surface area contributed by atoms with E-state index in [1.54, 1.807) is 146 Å². The SMILES string of the molecule is O=C(OC[C@H]1O[C@@H](Oc2ccc(-c3cc(=O)c4ccc(O[C@@H]5O[C@H](COC(=O)c6ccccc6)[C@@H](OC(=O)c6ccccc6)[C@H](OC(=O)c6ccccc6)[C@H]5OC(=O)c5ccccc5)cc4o3)cc2)[C@H](OC(=O)c2ccccc2)[C@@H](OC(=O)c2ccccc2)[C@@H]1OC(=O)c1ccccc1)c1ccccc1. The van der Waals surface area contributed by atoms with Gasteiger partial charge in [0, 0.05) is 17.7 Å². The molecule has 13 rings (SSSR count). The van der Waals surface area contributed by atoms with Crippen molar-refractivity contribution in [2.45, 2.75) is 61.4 Å². The van der Waals surface area contributed by atoms with E-state index < -0.39 is 128 Å². The van der Waals surface area contributed by atoms with Crippen LogP contribution in [0.15, 0.2) is 300 Å². The predicted molar refractivity (Wildman–Crippen MR) is 374 cm³/mol. The second-order valence-corrected chi connectivity index (χ2v) is 23.8. The Bertz CT molecular complexity index is 4920. The van der Waals surface area contributed by atoms with Crippen LogP contribution in [0.5, 0.6) is 11.5 Å². The average molecular weight is 1410 g/mol. The molecule has 0 spiro atoms. The Labute approximate surface area is 599 Å². The first-order chi connectivity index (χ1) is 51.3. The molecule has 22 heteroatoms. The molecule has 2 fully saturated rings. The first-order valence-electron chi connectivity index (χ1n) is 33.1. The van der Waals surface area contributed by atoms with Crippen molar-refractivity contribution in [1.29, 1.82) is 0 Å². The molecule has 0 amide bonds. The summed E-state index contributed by atoms with van der Waals surface area (Å²) in [6, 6.07) is 74.9. The molecule has 1 aromatic heterocycles. The first-order valence-corrected chi connectivity index (χ1v) is 33.1. The predicted octanol–water partition coefficient (Wildman–Crippen LogP) is 12.7. The van der Waals surface area contributed by atoms with E-state index in [4.69, 9.17) is 61.3 Å². The van der Waals surface area contributed by atoms with Crippen molar-refractivity contribution in [2.75, 3.05) is 13.2 Å². The second kappa shape index (κ2) is 33.0. The van der Waals surface area contributed by atoms with Crippen molar-refractivity contribution in [3.05, 3.63) is 346 Å². The number of rotatable bonds is 23. The van der Waals surface area contributed by atoms with E-state index in [2.05, 4.69) is 0 Å². The largest absolute Gasteiger partial charge is 0.461 e. The summed E-state index contributed by atoms with van der Waals surface area (Å²) in [5.74, 6) is -7.05. The monoisotopic (exact) mass is 1410 g/mol. The third-order valence-corrected chi connectivity index (χ3v) is 16.8. The van der Waals surface area contributed by atoms with Gasteiger partial charge in [-0.05, 0) is 133 Å². The molecule has 10 atom stereocenters. The number of carbonyl (C=O) groups is 8. The number of benzene rings is 10. The second-order valence-electron chi connectivity index (χ2n) is 23.8. The zero-order chi connectivity index (χ0) is 72.6. The van der Waals surface area contributed by atoms with Crippen LogP contribution in [0, 0.1) is 0 Å². The summed E-state index contributed by atoms with van der Waals surface area (Å²) >= 11 is 0. The summed E-state index contributed by atoms with van der Waals surface area (Å²) in [6.45, 7) is -1.26. The molecule has 105 heavy (non-hydrogen) atoms. The van der Waals surface area contributed by atoms with E-state index in [-0.39, 0.29) is 72.7 Å². The van der Waals surface area contributed by atoms with Gasteiger partial charge in [-0.3, -0.25) is 4.79 Å². The number of fused-ring (bicyclic) bond motifs is 1. The fourth-order valence-corrected chi connectivity index (χ4v) is 11.6. The van der Waals surface area contributed by atoms with Crippen LogP contribution in [0.4, 0.5) is 0 Å². The molecule has 526 valence electrons. The van der Waals surface area contributed by atoms with Crippen molar-refractivity contribution >= 4 is 58.7 Å². The number of hydrogen-bond donors (Lipinski definition) is 0. The van der Waals surface area contributed by atoms with Gasteiger partial charge in [0.05, 0.1) is 49.9 Å². The minimum atomic E-state index is -1.78. The highest BCUT2D eigenvalue weighted by Crippen LogP contribution is 2.37. The molecular formula is C83H62O22. The van der Waals surface area contributed by atoms with Crippen LogP contribution in [-0.4, -0.2) is 122 Å². The lowest BCUT2D eigenvalue weighted by Crippen LogP contribution is -2.63. The number of esters is 8. The molecule has 0 saturated carbocycles. The van der Waals surface area contributed by atoms with E-state index in [0.29, 0.717) is 5.56 Å². The Morgan fingerprint density at radius 1 is 0.286 bits per heavy atom. The highest BCUT2D eigenvalue weighted by Gasteiger charge is 2.56. The Hall–Kier alpha value is -13.3. The number of ether oxygens (including phenoxy) is 12. The molecule has 22 nitrogen and oxygen atoms in total. The maximum Gasteiger partial charge on any atom is 0.338 e. The molecule has 2 aliphatic heterocycles. The zero-order valence-corrected chi connectivity index (χ0v) is 55.4. The van der Waals surface area contributed by atoms with Crippen molar-refractivity contribution < 1.29 is 99.6 Å². The molecule has 0 bridgehead atoms. The van der Waals surface area contributed by atoms with Crippen LogP contribution in [0.25, 0.3) is 22.3 Å². The normalized spacial score (nSPS) is 19.6. The Balaban J connectivity index is 0.834. The molecule has 3 heterocycles. The van der Waals surface area contributed by atoms with Crippen molar-refractivity contribution in [2.24, 2.45) is 0 Å². The fraction of sp³-hybridized carbons (Fsp3) is 0.145. The lowest BCUT2D eigenvalue weighted by atomic mass is 9.97. The molecular weight excluding hydrogens is 1350 g/mol. The van der Waals surface area contributed by atoms with Gasteiger partial charge < -0.3 is 61.3 Å². The minimum Gasteiger partial charge on any atom is -0.461 e. The molecule has 2 aliphatic rings. The van der Waals surface area contributed by atoms with E-state index in [0.717, 1.165) is 0 Å². The summed E-state index contributed by atoms with van der Waals surface area (Å²) in [5, 5.41) is 0.0840. The summed E-state index contributed by atoms with van der Waals surface area (Å²) in [6.07, 6.45) is -16.9. The topological polar surface area (TPSA) is 278 Å². The van der Waals surface area contributed by atoms with Gasteiger partial charge in [-0.1, -0.05) is 146 Å².